The molecule has 0 aliphatic carbocycles. The second kappa shape index (κ2) is 9.01. The Balaban J connectivity index is 1.47. The summed E-state index contributed by atoms with van der Waals surface area (Å²) >= 11 is 0. The number of benzene rings is 1. The van der Waals surface area contributed by atoms with E-state index in [0.29, 0.717) is 37.4 Å². The molecule has 1 aromatic carbocycles. The van der Waals surface area contributed by atoms with Crippen LogP contribution >= 0.6 is 0 Å². The van der Waals surface area contributed by atoms with Gasteiger partial charge in [-0.05, 0) is 43.3 Å². The molecule has 9 nitrogen and oxygen atoms in total. The first-order valence-electron chi connectivity index (χ1n) is 10.3. The lowest BCUT2D eigenvalue weighted by molar-refractivity contribution is 0.0743. The summed E-state index contributed by atoms with van der Waals surface area (Å²) in [4.78, 5) is 59.9. The summed E-state index contributed by atoms with van der Waals surface area (Å²) in [6.07, 6.45) is 2.77. The van der Waals surface area contributed by atoms with Crippen molar-refractivity contribution in [3.8, 4) is 0 Å². The molecule has 1 amide bonds. The highest BCUT2D eigenvalue weighted by molar-refractivity contribution is 5.94. The summed E-state index contributed by atoms with van der Waals surface area (Å²) in [5.41, 5.74) is 0.892. The second-order valence-electron chi connectivity index (χ2n) is 7.60. The van der Waals surface area contributed by atoms with Gasteiger partial charge in [-0.2, -0.15) is 0 Å². The van der Waals surface area contributed by atoms with Crippen molar-refractivity contribution in [3.05, 3.63) is 92.5 Å². The van der Waals surface area contributed by atoms with Crippen LogP contribution < -0.4 is 16.1 Å². The topological polar surface area (TPSA) is 108 Å². The van der Waals surface area contributed by atoms with Gasteiger partial charge in [0.05, 0.1) is 12.2 Å². The van der Waals surface area contributed by atoms with Crippen LogP contribution in [0.4, 0.5) is 5.69 Å². The third kappa shape index (κ3) is 4.36. The number of piperazine rings is 1. The number of pyridine rings is 1. The van der Waals surface area contributed by atoms with Crippen molar-refractivity contribution in [3.63, 3.8) is 0 Å². The van der Waals surface area contributed by atoms with Crippen LogP contribution in [-0.4, -0.2) is 57.3 Å². The van der Waals surface area contributed by atoms with Crippen molar-refractivity contribution < 1.29 is 9.59 Å². The fourth-order valence-corrected chi connectivity index (χ4v) is 3.71. The maximum Gasteiger partial charge on any atom is 0.328 e. The number of amides is 1. The number of H-pyrrole nitrogens is 1. The molecule has 32 heavy (non-hydrogen) atoms. The van der Waals surface area contributed by atoms with Crippen LogP contribution in [0.15, 0.2) is 64.4 Å². The number of nitrogens with zero attached hydrogens (tertiary/aromatic N) is 4. The largest absolute Gasteiger partial charge is 0.368 e. The zero-order chi connectivity index (χ0) is 22.7. The highest BCUT2D eigenvalue weighted by Crippen LogP contribution is 2.18. The minimum absolute atomic E-state index is 0.0137. The van der Waals surface area contributed by atoms with Crippen molar-refractivity contribution in [2.75, 3.05) is 31.1 Å². The van der Waals surface area contributed by atoms with Gasteiger partial charge in [-0.15, -0.1) is 0 Å². The molecule has 1 saturated heterocycles. The maximum atomic E-state index is 13.0. The Morgan fingerprint density at radius 1 is 1.00 bits per heavy atom. The molecule has 1 fully saturated rings. The van der Waals surface area contributed by atoms with Gasteiger partial charge in [0, 0.05) is 49.8 Å². The molecule has 0 radical (unpaired) electrons. The summed E-state index contributed by atoms with van der Waals surface area (Å²) in [6.45, 7) is 3.58. The molecule has 9 heteroatoms. The summed E-state index contributed by atoms with van der Waals surface area (Å²) in [5, 5.41) is 0. The zero-order valence-corrected chi connectivity index (χ0v) is 17.7. The summed E-state index contributed by atoms with van der Waals surface area (Å²) in [5.74, 6) is -0.394. The van der Waals surface area contributed by atoms with E-state index in [-0.39, 0.29) is 17.9 Å². The van der Waals surface area contributed by atoms with E-state index >= 15 is 0 Å². The van der Waals surface area contributed by atoms with Crippen molar-refractivity contribution in [1.29, 1.82) is 0 Å². The molecule has 3 aromatic rings. The van der Waals surface area contributed by atoms with Gasteiger partial charge in [-0.1, -0.05) is 6.07 Å². The average molecular weight is 433 g/mol. The minimum atomic E-state index is -0.633. The number of aromatic amines is 1. The lowest BCUT2D eigenvalue weighted by Gasteiger charge is -2.36. The number of aromatic nitrogens is 3. The van der Waals surface area contributed by atoms with Crippen LogP contribution in [0, 0.1) is 0 Å². The van der Waals surface area contributed by atoms with Crippen molar-refractivity contribution >= 4 is 17.4 Å². The van der Waals surface area contributed by atoms with Gasteiger partial charge in [0.25, 0.3) is 11.5 Å². The first-order valence-corrected chi connectivity index (χ1v) is 10.3. The minimum Gasteiger partial charge on any atom is -0.368 e. The first kappa shape index (κ1) is 21.2. The number of carbonyl (C=O) groups is 2. The monoisotopic (exact) mass is 433 g/mol. The Labute approximate surface area is 183 Å². The third-order valence-corrected chi connectivity index (χ3v) is 5.54. The average Bonchev–Trinajstić information content (AvgIpc) is 2.82. The SMILES string of the molecule is CC(=O)c1ccc(N2CCN(C(=O)c3c[nH]c(=O)n(Cc4ccccn4)c3=O)CC2)cc1. The van der Waals surface area contributed by atoms with Gasteiger partial charge in [0.2, 0.25) is 0 Å². The van der Waals surface area contributed by atoms with Crippen LogP contribution in [-0.2, 0) is 6.54 Å². The molecule has 4 rings (SSSR count). The van der Waals surface area contributed by atoms with E-state index in [4.69, 9.17) is 0 Å². The van der Waals surface area contributed by atoms with E-state index in [1.807, 2.05) is 12.1 Å². The fourth-order valence-electron chi connectivity index (χ4n) is 3.71. The van der Waals surface area contributed by atoms with Crippen LogP contribution in [0.1, 0.15) is 33.3 Å². The lowest BCUT2D eigenvalue weighted by Crippen LogP contribution is -2.50. The Hall–Kier alpha value is -4.01. The predicted molar refractivity (Wildman–Crippen MR) is 119 cm³/mol. The van der Waals surface area contributed by atoms with Gasteiger partial charge in [0.15, 0.2) is 5.78 Å². The van der Waals surface area contributed by atoms with Crippen molar-refractivity contribution in [2.24, 2.45) is 0 Å². The molecule has 0 saturated carbocycles. The number of anilines is 1. The molecule has 1 aliphatic rings. The predicted octanol–water partition coefficient (Wildman–Crippen LogP) is 1.14. The number of nitrogens with one attached hydrogen (secondary N) is 1. The van der Waals surface area contributed by atoms with Crippen molar-refractivity contribution in [1.82, 2.24) is 19.4 Å². The van der Waals surface area contributed by atoms with Crippen LogP contribution in [0.5, 0.6) is 0 Å². The number of hydrogen-bond donors (Lipinski definition) is 1. The molecule has 3 heterocycles. The van der Waals surface area contributed by atoms with E-state index in [0.717, 1.165) is 10.3 Å². The maximum absolute atomic E-state index is 13.0. The molecule has 1 aliphatic heterocycles. The van der Waals surface area contributed by atoms with Gasteiger partial charge >= 0.3 is 5.69 Å². The summed E-state index contributed by atoms with van der Waals surface area (Å²) in [7, 11) is 0. The van der Waals surface area contributed by atoms with Gasteiger partial charge in [-0.25, -0.2) is 4.79 Å². The molecule has 164 valence electrons. The second-order valence-corrected chi connectivity index (χ2v) is 7.60. The van der Waals surface area contributed by atoms with Gasteiger partial charge < -0.3 is 14.8 Å². The van der Waals surface area contributed by atoms with E-state index in [1.165, 1.54) is 13.1 Å². The normalized spacial score (nSPS) is 13.8. The molecule has 0 unspecified atom stereocenters. The number of ketones is 1. The number of carbonyl (C=O) groups excluding carboxylic acids is 2. The van der Waals surface area contributed by atoms with Crippen LogP contribution in [0.25, 0.3) is 0 Å². The Bertz CT molecular complexity index is 1240. The fraction of sp³-hybridized carbons (Fsp3) is 0.261. The molecular weight excluding hydrogens is 410 g/mol. The molecule has 0 spiro atoms. The smallest absolute Gasteiger partial charge is 0.328 e. The quantitative estimate of drug-likeness (QED) is 0.605. The van der Waals surface area contributed by atoms with E-state index in [1.54, 1.807) is 41.4 Å². The Kier molecular flexibility index (Phi) is 5.98. The van der Waals surface area contributed by atoms with Gasteiger partial charge in [0.1, 0.15) is 5.56 Å². The molecule has 0 bridgehead atoms. The molecule has 0 atom stereocenters. The third-order valence-electron chi connectivity index (χ3n) is 5.54. The number of Topliss-reactive ketones (excluding diaryl/α,β-unsaturated/α-hetero) is 1. The Morgan fingerprint density at radius 3 is 2.34 bits per heavy atom. The standard InChI is InChI=1S/C23H23N5O4/c1-16(29)17-5-7-19(8-6-17)26-10-12-27(13-11-26)21(30)20-14-25-23(32)28(22(20)31)15-18-4-2-3-9-24-18/h2-9,14H,10-13,15H2,1H3,(H,25,32). The molecule has 2 aromatic heterocycles. The molecule has 1 N–H and O–H groups in total. The Morgan fingerprint density at radius 2 is 1.72 bits per heavy atom. The number of rotatable bonds is 5. The highest BCUT2D eigenvalue weighted by Gasteiger charge is 2.25. The first-order chi connectivity index (χ1) is 15.4. The summed E-state index contributed by atoms with van der Waals surface area (Å²) in [6, 6.07) is 12.6. The number of hydrogen-bond acceptors (Lipinski definition) is 6. The van der Waals surface area contributed by atoms with Crippen LogP contribution in [0.3, 0.4) is 0 Å². The van der Waals surface area contributed by atoms with Gasteiger partial charge in [-0.3, -0.25) is 23.9 Å². The zero-order valence-electron chi connectivity index (χ0n) is 17.7. The lowest BCUT2D eigenvalue weighted by atomic mass is 10.1. The molecular formula is C23H23N5O4. The van der Waals surface area contributed by atoms with E-state index in [2.05, 4.69) is 14.9 Å². The van der Waals surface area contributed by atoms with E-state index in [9.17, 15) is 19.2 Å². The van der Waals surface area contributed by atoms with Crippen molar-refractivity contribution in [2.45, 2.75) is 13.5 Å². The summed E-state index contributed by atoms with van der Waals surface area (Å²) < 4.78 is 0.988. The van der Waals surface area contributed by atoms with Crippen LogP contribution in [0.2, 0.25) is 0 Å². The van der Waals surface area contributed by atoms with E-state index < -0.39 is 17.2 Å². The highest BCUT2D eigenvalue weighted by atomic mass is 16.2.